The van der Waals surface area contributed by atoms with E-state index in [0.29, 0.717) is 24.0 Å². The Morgan fingerprint density at radius 1 is 1.21 bits per heavy atom. The van der Waals surface area contributed by atoms with Crippen molar-refractivity contribution in [1.29, 1.82) is 5.41 Å². The molecule has 18 heteroatoms. The van der Waals surface area contributed by atoms with Gasteiger partial charge in [-0.1, -0.05) is 34.6 Å². The normalized spacial score (nSPS) is 15.8. The average molecular weight is 589 g/mol. The molecule has 1 aromatic heterocycles. The van der Waals surface area contributed by atoms with Crippen LogP contribution in [0.3, 0.4) is 0 Å². The van der Waals surface area contributed by atoms with Crippen molar-refractivity contribution in [2.75, 3.05) is 12.8 Å². The summed E-state index contributed by atoms with van der Waals surface area (Å²) < 4.78 is 57.9. The summed E-state index contributed by atoms with van der Waals surface area (Å²) in [6, 6.07) is 5.22. The number of amides is 1. The first-order valence-electron chi connectivity index (χ1n) is 11.0. The summed E-state index contributed by atoms with van der Waals surface area (Å²) in [5.74, 6) is -2.04. The molecule has 1 aliphatic rings. The number of benzene rings is 1. The maximum absolute atomic E-state index is 12.6. The number of nitrogens with one attached hydrogen (secondary N) is 3. The fourth-order valence-corrected chi connectivity index (χ4v) is 4.85. The van der Waals surface area contributed by atoms with Crippen LogP contribution in [0.25, 0.3) is 0 Å². The Morgan fingerprint density at radius 3 is 2.28 bits per heavy atom. The molecule has 0 spiro atoms. The van der Waals surface area contributed by atoms with Crippen LogP contribution in [-0.2, 0) is 34.6 Å². The van der Waals surface area contributed by atoms with Crippen LogP contribution in [0.15, 0.2) is 38.8 Å². The number of rotatable bonds is 10. The molecule has 7 N–H and O–H groups in total. The predicted octanol–water partition coefficient (Wildman–Crippen LogP) is -0.489. The summed E-state index contributed by atoms with van der Waals surface area (Å²) in [7, 11) is -7.91. The van der Waals surface area contributed by atoms with Gasteiger partial charge in [-0.2, -0.15) is 13.1 Å². The van der Waals surface area contributed by atoms with Gasteiger partial charge in [-0.15, -0.1) is 0 Å². The molecule has 3 rings (SSSR count). The number of aryl methyl sites for hydroxylation is 2. The lowest BCUT2D eigenvalue weighted by Gasteiger charge is -2.16. The molecule has 0 saturated carbocycles. The smallest absolute Gasteiger partial charge is 0.323 e. The number of carbonyl (C=O) groups is 2. The number of carboxylic acid groups (broad SMARTS) is 1. The van der Waals surface area contributed by atoms with E-state index in [1.165, 1.54) is 13.8 Å². The van der Waals surface area contributed by atoms with Crippen LogP contribution in [0.4, 0.5) is 0 Å². The van der Waals surface area contributed by atoms with Gasteiger partial charge in [0, 0.05) is 18.5 Å². The molecule has 0 saturated heterocycles. The Labute approximate surface area is 223 Å². The minimum atomic E-state index is -4.24. The van der Waals surface area contributed by atoms with Gasteiger partial charge in [0.25, 0.3) is 10.1 Å². The second kappa shape index (κ2) is 12.8. The van der Waals surface area contributed by atoms with Crippen molar-refractivity contribution < 1.29 is 45.4 Å². The number of oxime groups is 1. The number of aromatic nitrogens is 1. The van der Waals surface area contributed by atoms with Gasteiger partial charge in [0.05, 0.1) is 18.4 Å². The van der Waals surface area contributed by atoms with E-state index in [1.54, 1.807) is 24.3 Å². The Bertz CT molecular complexity index is 1440. The molecule has 0 unspecified atom stereocenters. The van der Waals surface area contributed by atoms with Gasteiger partial charge < -0.3 is 25.5 Å². The number of carboxylic acids is 1. The van der Waals surface area contributed by atoms with E-state index in [1.807, 2.05) is 4.72 Å². The third-order valence-electron chi connectivity index (χ3n) is 5.01. The Balaban J connectivity index is 0.000000976. The van der Waals surface area contributed by atoms with E-state index < -0.39 is 50.7 Å². The molecule has 0 aliphatic carbocycles. The SMILES string of the molecule is CS(=O)(=O)O.Cc1noc(C)c1S(=O)(=O)N[C@@H](CNC(=O)C[C@H]1CC(c2ccc(C(=N)N)cc2)=NO1)C(=O)O. The summed E-state index contributed by atoms with van der Waals surface area (Å²) in [6.45, 7) is 2.32. The summed E-state index contributed by atoms with van der Waals surface area (Å²) in [4.78, 5) is 28.9. The van der Waals surface area contributed by atoms with Crippen molar-refractivity contribution in [3.8, 4) is 0 Å². The van der Waals surface area contributed by atoms with E-state index in [0.717, 1.165) is 5.56 Å². The van der Waals surface area contributed by atoms with Crippen molar-refractivity contribution in [2.45, 2.75) is 43.7 Å². The maximum atomic E-state index is 12.6. The number of hydrogen-bond donors (Lipinski definition) is 6. The number of nitrogens with two attached hydrogens (primary N) is 1. The molecular formula is C21H28N6O10S2. The van der Waals surface area contributed by atoms with Crippen molar-refractivity contribution in [3.63, 3.8) is 0 Å². The fourth-order valence-electron chi connectivity index (χ4n) is 3.33. The van der Waals surface area contributed by atoms with Crippen molar-refractivity contribution >= 4 is 43.6 Å². The molecule has 2 atom stereocenters. The van der Waals surface area contributed by atoms with E-state index in [9.17, 15) is 31.5 Å². The van der Waals surface area contributed by atoms with Gasteiger partial charge in [-0.05, 0) is 19.4 Å². The van der Waals surface area contributed by atoms with Crippen LogP contribution in [0.1, 0.15) is 35.4 Å². The molecule has 1 aromatic carbocycles. The zero-order chi connectivity index (χ0) is 29.5. The lowest BCUT2D eigenvalue weighted by molar-refractivity contribution is -0.139. The third kappa shape index (κ3) is 9.74. The second-order valence-electron chi connectivity index (χ2n) is 8.37. The molecule has 2 heterocycles. The van der Waals surface area contributed by atoms with Crippen molar-refractivity contribution in [3.05, 3.63) is 46.8 Å². The zero-order valence-electron chi connectivity index (χ0n) is 21.0. The fraction of sp³-hybridized carbons (Fsp3) is 0.381. The lowest BCUT2D eigenvalue weighted by atomic mass is 10.0. The molecule has 16 nitrogen and oxygen atoms in total. The van der Waals surface area contributed by atoms with Crippen molar-refractivity contribution in [1.82, 2.24) is 15.2 Å². The molecule has 2 aromatic rings. The molecular weight excluding hydrogens is 560 g/mol. The third-order valence-corrected chi connectivity index (χ3v) is 6.73. The predicted molar refractivity (Wildman–Crippen MR) is 136 cm³/mol. The van der Waals surface area contributed by atoms with Gasteiger partial charge in [0.1, 0.15) is 28.6 Å². The highest BCUT2D eigenvalue weighted by molar-refractivity contribution is 7.89. The number of sulfonamides is 1. The minimum absolute atomic E-state index is 0.0169. The topological polar surface area (TPSA) is 264 Å². The van der Waals surface area contributed by atoms with E-state index >= 15 is 0 Å². The first kappa shape index (κ1) is 31.3. The van der Waals surface area contributed by atoms with Crippen LogP contribution >= 0.6 is 0 Å². The number of hydrogen-bond acceptors (Lipinski definition) is 11. The molecule has 1 aliphatic heterocycles. The highest BCUT2D eigenvalue weighted by atomic mass is 32.2. The number of nitrogen functional groups attached to an aromatic ring is 1. The second-order valence-corrected chi connectivity index (χ2v) is 11.5. The first-order valence-corrected chi connectivity index (χ1v) is 14.4. The largest absolute Gasteiger partial charge is 0.480 e. The molecule has 0 radical (unpaired) electrons. The highest BCUT2D eigenvalue weighted by Crippen LogP contribution is 2.20. The number of carbonyl (C=O) groups excluding carboxylic acids is 1. The van der Waals surface area contributed by atoms with Crippen LogP contribution in [0.2, 0.25) is 0 Å². The number of aliphatic carboxylic acids is 1. The van der Waals surface area contributed by atoms with Gasteiger partial charge >= 0.3 is 5.97 Å². The monoisotopic (exact) mass is 588 g/mol. The average Bonchev–Trinajstić information content (AvgIpc) is 3.41. The van der Waals surface area contributed by atoms with E-state index in [4.69, 9.17) is 25.1 Å². The molecule has 214 valence electrons. The standard InChI is InChI=1S/C20H24N6O7S.CH4O3S/c1-10-18(11(2)32-24-10)34(30,31)26-16(20(28)29)9-23-17(27)8-14-7-15(25-33-14)12-3-5-13(6-4-12)19(21)22;1-5(2,3)4/h3-6,14,16,26H,7-9H2,1-2H3,(H3,21,22)(H,23,27)(H,28,29);1H3,(H,2,3,4)/t14-,16+;/m1./s1. The van der Waals surface area contributed by atoms with E-state index in [-0.39, 0.29) is 28.6 Å². The quantitative estimate of drug-likeness (QED) is 0.117. The Morgan fingerprint density at radius 2 is 1.79 bits per heavy atom. The maximum Gasteiger partial charge on any atom is 0.323 e. The van der Waals surface area contributed by atoms with Crippen LogP contribution in [0.5, 0.6) is 0 Å². The van der Waals surface area contributed by atoms with E-state index in [2.05, 4.69) is 15.6 Å². The molecule has 0 fully saturated rings. The zero-order valence-corrected chi connectivity index (χ0v) is 22.7. The van der Waals surface area contributed by atoms with Crippen molar-refractivity contribution in [2.24, 2.45) is 10.9 Å². The molecule has 0 bridgehead atoms. The summed E-state index contributed by atoms with van der Waals surface area (Å²) in [5.41, 5.74) is 7.46. The van der Waals surface area contributed by atoms with Gasteiger partial charge in [0.2, 0.25) is 15.9 Å². The Hall–Kier alpha value is -3.87. The summed E-state index contributed by atoms with van der Waals surface area (Å²) >= 11 is 0. The Kier molecular flexibility index (Phi) is 10.3. The minimum Gasteiger partial charge on any atom is -0.480 e. The van der Waals surface area contributed by atoms with Crippen LogP contribution in [-0.4, -0.2) is 80.0 Å². The summed E-state index contributed by atoms with van der Waals surface area (Å²) in [5, 5.41) is 26.8. The molecule has 39 heavy (non-hydrogen) atoms. The number of nitrogens with zero attached hydrogens (tertiary/aromatic N) is 2. The van der Waals surface area contributed by atoms with Crippen LogP contribution in [0, 0.1) is 19.3 Å². The van der Waals surface area contributed by atoms with Crippen LogP contribution < -0.4 is 15.8 Å². The molecule has 1 amide bonds. The van der Waals surface area contributed by atoms with Gasteiger partial charge in [0.15, 0.2) is 5.76 Å². The first-order chi connectivity index (χ1) is 18.0. The lowest BCUT2D eigenvalue weighted by Crippen LogP contribution is -2.48. The van der Waals surface area contributed by atoms with Gasteiger partial charge in [-0.25, -0.2) is 8.42 Å². The summed E-state index contributed by atoms with van der Waals surface area (Å²) in [6.07, 6.45) is 0.382. The highest BCUT2D eigenvalue weighted by Gasteiger charge is 2.31. The number of amidine groups is 1. The van der Waals surface area contributed by atoms with Gasteiger partial charge in [-0.3, -0.25) is 19.6 Å².